The normalized spacial score (nSPS) is 20.0. The van der Waals surface area contributed by atoms with Crippen LogP contribution in [0.2, 0.25) is 0 Å². The topological polar surface area (TPSA) is 44.8 Å². The number of benzene rings is 1. The summed E-state index contributed by atoms with van der Waals surface area (Å²) in [6.45, 7) is 2.95. The Hall–Kier alpha value is -1.46. The highest BCUT2D eigenvalue weighted by atomic mass is 19.1. The van der Waals surface area contributed by atoms with E-state index < -0.39 is 12.1 Å². The van der Waals surface area contributed by atoms with Gasteiger partial charge in [-0.15, -0.1) is 0 Å². The molecule has 1 aromatic carbocycles. The van der Waals surface area contributed by atoms with Gasteiger partial charge in [0.25, 0.3) is 0 Å². The number of hydrogen-bond acceptors (Lipinski definition) is 4. The van der Waals surface area contributed by atoms with Crippen LogP contribution in [0.25, 0.3) is 0 Å². The molecule has 0 spiro atoms. The van der Waals surface area contributed by atoms with Crippen molar-refractivity contribution in [3.63, 3.8) is 0 Å². The molecule has 4 nitrogen and oxygen atoms in total. The van der Waals surface area contributed by atoms with Crippen molar-refractivity contribution < 1.29 is 23.4 Å². The van der Waals surface area contributed by atoms with Crippen LogP contribution >= 0.6 is 0 Å². The van der Waals surface area contributed by atoms with Crippen molar-refractivity contribution in [2.75, 3.05) is 13.2 Å². The Morgan fingerprint density at radius 1 is 1.38 bits per heavy atom. The van der Waals surface area contributed by atoms with Crippen molar-refractivity contribution in [2.24, 2.45) is 0 Å². The van der Waals surface area contributed by atoms with Crippen molar-refractivity contribution in [2.45, 2.75) is 45.0 Å². The van der Waals surface area contributed by atoms with E-state index in [9.17, 15) is 9.18 Å². The first kappa shape index (κ1) is 15.9. The van der Waals surface area contributed by atoms with E-state index in [0.29, 0.717) is 6.61 Å². The molecule has 5 heteroatoms. The van der Waals surface area contributed by atoms with Crippen LogP contribution in [0.4, 0.5) is 4.39 Å². The Morgan fingerprint density at radius 2 is 2.14 bits per heavy atom. The Bertz CT molecular complexity index is 440. The minimum absolute atomic E-state index is 0.0751. The zero-order valence-corrected chi connectivity index (χ0v) is 12.2. The van der Waals surface area contributed by atoms with Crippen molar-refractivity contribution in [3.8, 4) is 0 Å². The zero-order valence-electron chi connectivity index (χ0n) is 12.2. The molecule has 2 atom stereocenters. The molecule has 2 unspecified atom stereocenters. The second-order valence-electron chi connectivity index (χ2n) is 5.20. The lowest BCUT2D eigenvalue weighted by Crippen LogP contribution is -2.30. The van der Waals surface area contributed by atoms with E-state index in [0.717, 1.165) is 31.4 Å². The van der Waals surface area contributed by atoms with Gasteiger partial charge < -0.3 is 14.2 Å². The van der Waals surface area contributed by atoms with E-state index in [1.807, 2.05) is 0 Å². The summed E-state index contributed by atoms with van der Waals surface area (Å²) in [7, 11) is 0. The first-order valence-corrected chi connectivity index (χ1v) is 7.29. The van der Waals surface area contributed by atoms with E-state index >= 15 is 0 Å². The molecule has 0 aromatic heterocycles. The highest BCUT2D eigenvalue weighted by Gasteiger charge is 2.19. The standard InChI is InChI=1S/C16H21FO4/c1-12(20-11-15-4-2-3-9-19-15)16(18)21-10-13-5-7-14(17)8-6-13/h5-8,12,15H,2-4,9-11H2,1H3. The molecule has 2 rings (SSSR count). The molecule has 0 radical (unpaired) electrons. The number of hydrogen-bond donors (Lipinski definition) is 0. The minimum Gasteiger partial charge on any atom is -0.459 e. The Kier molecular flexibility index (Phi) is 6.14. The second kappa shape index (κ2) is 8.10. The third kappa shape index (κ3) is 5.44. The van der Waals surface area contributed by atoms with E-state index in [4.69, 9.17) is 14.2 Å². The van der Waals surface area contributed by atoms with Gasteiger partial charge in [0.2, 0.25) is 0 Å². The lowest BCUT2D eigenvalue weighted by atomic mass is 10.1. The Morgan fingerprint density at radius 3 is 2.81 bits per heavy atom. The number of ether oxygens (including phenoxy) is 3. The molecule has 0 amide bonds. The summed E-state index contributed by atoms with van der Waals surface area (Å²) in [4.78, 5) is 11.8. The summed E-state index contributed by atoms with van der Waals surface area (Å²) in [6.07, 6.45) is 2.64. The molecule has 1 aliphatic heterocycles. The van der Waals surface area contributed by atoms with Crippen LogP contribution in [-0.4, -0.2) is 31.4 Å². The second-order valence-corrected chi connectivity index (χ2v) is 5.20. The number of carbonyl (C=O) groups excluding carboxylic acids is 1. The third-order valence-electron chi connectivity index (χ3n) is 3.43. The molecule has 1 heterocycles. The van der Waals surface area contributed by atoms with Crippen LogP contribution < -0.4 is 0 Å². The Labute approximate surface area is 124 Å². The number of esters is 1. The van der Waals surface area contributed by atoms with Gasteiger partial charge in [-0.3, -0.25) is 0 Å². The van der Waals surface area contributed by atoms with Crippen LogP contribution in [0.5, 0.6) is 0 Å². The lowest BCUT2D eigenvalue weighted by molar-refractivity contribution is -0.160. The van der Waals surface area contributed by atoms with Crippen molar-refractivity contribution in [1.82, 2.24) is 0 Å². The van der Waals surface area contributed by atoms with E-state index in [1.165, 1.54) is 12.1 Å². The monoisotopic (exact) mass is 296 g/mol. The average molecular weight is 296 g/mol. The van der Waals surface area contributed by atoms with Crippen LogP contribution in [0.1, 0.15) is 31.7 Å². The van der Waals surface area contributed by atoms with Gasteiger partial charge in [-0.2, -0.15) is 0 Å². The highest BCUT2D eigenvalue weighted by Crippen LogP contribution is 2.14. The molecule has 116 valence electrons. The summed E-state index contributed by atoms with van der Waals surface area (Å²) in [5, 5.41) is 0. The molecule has 1 aromatic rings. The third-order valence-corrected chi connectivity index (χ3v) is 3.43. The summed E-state index contributed by atoms with van der Waals surface area (Å²) >= 11 is 0. The molecule has 1 saturated heterocycles. The fourth-order valence-corrected chi connectivity index (χ4v) is 2.11. The van der Waals surface area contributed by atoms with Crippen molar-refractivity contribution >= 4 is 5.97 Å². The molecular weight excluding hydrogens is 275 g/mol. The number of carbonyl (C=O) groups is 1. The van der Waals surface area contributed by atoms with Gasteiger partial charge in [0.15, 0.2) is 6.10 Å². The highest BCUT2D eigenvalue weighted by molar-refractivity contribution is 5.74. The van der Waals surface area contributed by atoms with Crippen LogP contribution in [0.15, 0.2) is 24.3 Å². The summed E-state index contributed by atoms with van der Waals surface area (Å²) < 4.78 is 28.9. The molecule has 0 N–H and O–H groups in total. The predicted molar refractivity (Wildman–Crippen MR) is 75.2 cm³/mol. The zero-order chi connectivity index (χ0) is 15.1. The maximum Gasteiger partial charge on any atom is 0.335 e. The molecular formula is C16H21FO4. The lowest BCUT2D eigenvalue weighted by Gasteiger charge is -2.23. The van der Waals surface area contributed by atoms with Crippen molar-refractivity contribution in [1.29, 1.82) is 0 Å². The fourth-order valence-electron chi connectivity index (χ4n) is 2.11. The number of rotatable bonds is 6. The van der Waals surface area contributed by atoms with Crippen LogP contribution in [0, 0.1) is 5.82 Å². The summed E-state index contributed by atoms with van der Waals surface area (Å²) in [6, 6.07) is 5.85. The minimum atomic E-state index is -0.629. The molecule has 1 fully saturated rings. The van der Waals surface area contributed by atoms with Crippen LogP contribution in [0.3, 0.4) is 0 Å². The molecule has 21 heavy (non-hydrogen) atoms. The predicted octanol–water partition coefficient (Wildman–Crippen LogP) is 2.84. The van der Waals surface area contributed by atoms with Crippen molar-refractivity contribution in [3.05, 3.63) is 35.6 Å². The van der Waals surface area contributed by atoms with E-state index in [-0.39, 0.29) is 18.5 Å². The van der Waals surface area contributed by atoms with Gasteiger partial charge in [-0.05, 0) is 43.9 Å². The maximum atomic E-state index is 12.8. The SMILES string of the molecule is CC(OCC1CCCCO1)C(=O)OCc1ccc(F)cc1. The van der Waals surface area contributed by atoms with Gasteiger partial charge in [0.05, 0.1) is 12.7 Å². The fraction of sp³-hybridized carbons (Fsp3) is 0.562. The smallest absolute Gasteiger partial charge is 0.335 e. The van der Waals surface area contributed by atoms with Gasteiger partial charge in [0, 0.05) is 6.61 Å². The van der Waals surface area contributed by atoms with E-state index in [2.05, 4.69) is 0 Å². The van der Waals surface area contributed by atoms with Gasteiger partial charge in [-0.25, -0.2) is 9.18 Å². The molecule has 0 saturated carbocycles. The van der Waals surface area contributed by atoms with E-state index in [1.54, 1.807) is 19.1 Å². The van der Waals surface area contributed by atoms with Gasteiger partial charge >= 0.3 is 5.97 Å². The first-order valence-electron chi connectivity index (χ1n) is 7.29. The van der Waals surface area contributed by atoms with Gasteiger partial charge in [0.1, 0.15) is 12.4 Å². The molecule has 0 aliphatic carbocycles. The quantitative estimate of drug-likeness (QED) is 0.757. The summed E-state index contributed by atoms with van der Waals surface area (Å²) in [5.74, 6) is -0.732. The largest absolute Gasteiger partial charge is 0.459 e. The van der Waals surface area contributed by atoms with Gasteiger partial charge in [-0.1, -0.05) is 12.1 Å². The maximum absolute atomic E-state index is 12.8. The molecule has 1 aliphatic rings. The summed E-state index contributed by atoms with van der Waals surface area (Å²) in [5.41, 5.74) is 0.743. The average Bonchev–Trinajstić information content (AvgIpc) is 2.52. The molecule has 0 bridgehead atoms. The Balaban J connectivity index is 1.68. The number of halogens is 1. The first-order chi connectivity index (χ1) is 10.1. The van der Waals surface area contributed by atoms with Crippen LogP contribution in [-0.2, 0) is 25.6 Å².